The highest BCUT2D eigenvalue weighted by molar-refractivity contribution is 6.04. The SMILES string of the molecule is C#Cc1cccc2nc([C@@H](C)NC(=O)c3c(N)nn4c(C)ccnc34)n(-c3ccccc3)c(=O)c12. The van der Waals surface area contributed by atoms with Crippen LogP contribution in [0.2, 0.25) is 0 Å². The molecule has 0 saturated carbocycles. The molecular weight excluding hydrogens is 442 g/mol. The van der Waals surface area contributed by atoms with E-state index in [4.69, 9.17) is 17.1 Å². The third-order valence-electron chi connectivity index (χ3n) is 5.79. The van der Waals surface area contributed by atoms with Gasteiger partial charge >= 0.3 is 0 Å². The van der Waals surface area contributed by atoms with Crippen LogP contribution in [0, 0.1) is 19.3 Å². The van der Waals surface area contributed by atoms with Crippen molar-refractivity contribution < 1.29 is 4.79 Å². The number of nitrogens with zero attached hydrogens (tertiary/aromatic N) is 5. The largest absolute Gasteiger partial charge is 0.381 e. The summed E-state index contributed by atoms with van der Waals surface area (Å²) in [5.41, 5.74) is 8.53. The highest BCUT2D eigenvalue weighted by Crippen LogP contribution is 2.22. The van der Waals surface area contributed by atoms with Gasteiger partial charge in [0.25, 0.3) is 11.5 Å². The number of nitrogen functional groups attached to an aromatic ring is 1. The highest BCUT2D eigenvalue weighted by Gasteiger charge is 2.25. The van der Waals surface area contributed by atoms with Crippen LogP contribution < -0.4 is 16.6 Å². The summed E-state index contributed by atoms with van der Waals surface area (Å²) in [5.74, 6) is 2.49. The van der Waals surface area contributed by atoms with Gasteiger partial charge in [-0.15, -0.1) is 11.5 Å². The lowest BCUT2D eigenvalue weighted by Crippen LogP contribution is -2.33. The third-order valence-corrected chi connectivity index (χ3v) is 5.79. The number of carbonyl (C=O) groups excluding carboxylic acids is 1. The van der Waals surface area contributed by atoms with Crippen molar-refractivity contribution in [2.45, 2.75) is 19.9 Å². The average Bonchev–Trinajstić information content (AvgIpc) is 3.21. The number of hydrogen-bond acceptors (Lipinski definition) is 6. The molecular formula is C26H21N7O2. The van der Waals surface area contributed by atoms with Crippen molar-refractivity contribution >= 4 is 28.3 Å². The van der Waals surface area contributed by atoms with Crippen LogP contribution in [0.5, 0.6) is 0 Å². The van der Waals surface area contributed by atoms with Crippen LogP contribution in [-0.2, 0) is 0 Å². The molecule has 1 atom stereocenters. The minimum atomic E-state index is -0.673. The van der Waals surface area contributed by atoms with E-state index in [1.807, 2.05) is 25.1 Å². The number of terminal acetylenes is 1. The van der Waals surface area contributed by atoms with Crippen molar-refractivity contribution in [2.24, 2.45) is 0 Å². The number of rotatable bonds is 4. The fourth-order valence-electron chi connectivity index (χ4n) is 4.11. The Bertz CT molecular complexity index is 1710. The second-order valence-electron chi connectivity index (χ2n) is 8.07. The number of aromatic nitrogens is 5. The second kappa shape index (κ2) is 8.43. The number of para-hydroxylation sites is 1. The zero-order valence-electron chi connectivity index (χ0n) is 19.1. The van der Waals surface area contributed by atoms with Gasteiger partial charge in [0.2, 0.25) is 0 Å². The predicted octanol–water partition coefficient (Wildman–Crippen LogP) is 2.79. The van der Waals surface area contributed by atoms with E-state index < -0.39 is 11.9 Å². The third kappa shape index (κ3) is 3.57. The van der Waals surface area contributed by atoms with Gasteiger partial charge in [-0.2, -0.15) is 0 Å². The molecule has 2 aromatic carbocycles. The van der Waals surface area contributed by atoms with Crippen LogP contribution in [0.15, 0.2) is 65.6 Å². The van der Waals surface area contributed by atoms with Gasteiger partial charge in [0.1, 0.15) is 11.4 Å². The van der Waals surface area contributed by atoms with Crippen LogP contribution in [0.25, 0.3) is 22.2 Å². The van der Waals surface area contributed by atoms with Crippen LogP contribution in [-0.4, -0.2) is 30.1 Å². The molecule has 5 rings (SSSR count). The van der Waals surface area contributed by atoms with Gasteiger partial charge in [0, 0.05) is 17.5 Å². The lowest BCUT2D eigenvalue weighted by atomic mass is 10.1. The van der Waals surface area contributed by atoms with Gasteiger partial charge in [-0.1, -0.05) is 30.2 Å². The molecule has 9 heteroatoms. The van der Waals surface area contributed by atoms with Gasteiger partial charge in [0.15, 0.2) is 11.5 Å². The highest BCUT2D eigenvalue weighted by atomic mass is 16.2. The molecule has 1 amide bonds. The second-order valence-corrected chi connectivity index (χ2v) is 8.07. The molecule has 172 valence electrons. The van der Waals surface area contributed by atoms with Crippen molar-refractivity contribution in [3.63, 3.8) is 0 Å². The van der Waals surface area contributed by atoms with E-state index in [0.717, 1.165) is 5.69 Å². The first-order chi connectivity index (χ1) is 16.9. The zero-order valence-corrected chi connectivity index (χ0v) is 19.1. The molecule has 0 aliphatic rings. The number of amides is 1. The van der Waals surface area contributed by atoms with Gasteiger partial charge in [0.05, 0.1) is 22.6 Å². The maximum Gasteiger partial charge on any atom is 0.267 e. The molecule has 0 saturated heterocycles. The number of benzene rings is 2. The molecule has 35 heavy (non-hydrogen) atoms. The van der Waals surface area contributed by atoms with Crippen LogP contribution in [0.1, 0.15) is 40.4 Å². The van der Waals surface area contributed by atoms with Crippen LogP contribution in [0.3, 0.4) is 0 Å². The molecule has 3 aromatic heterocycles. The summed E-state index contributed by atoms with van der Waals surface area (Å²) in [6.45, 7) is 3.59. The van der Waals surface area contributed by atoms with E-state index >= 15 is 0 Å². The summed E-state index contributed by atoms with van der Waals surface area (Å²) in [5, 5.41) is 7.48. The number of fused-ring (bicyclic) bond motifs is 2. The Morgan fingerprint density at radius 3 is 2.66 bits per heavy atom. The molecule has 0 unspecified atom stereocenters. The molecule has 0 fully saturated rings. The first kappa shape index (κ1) is 21.9. The van der Waals surface area contributed by atoms with E-state index in [1.165, 1.54) is 9.08 Å². The van der Waals surface area contributed by atoms with Crippen LogP contribution in [0.4, 0.5) is 5.82 Å². The first-order valence-electron chi connectivity index (χ1n) is 10.9. The molecule has 3 heterocycles. The number of nitrogens with one attached hydrogen (secondary N) is 1. The number of carbonyl (C=O) groups is 1. The average molecular weight is 464 g/mol. The monoisotopic (exact) mass is 463 g/mol. The number of nitrogens with two attached hydrogens (primary N) is 1. The summed E-state index contributed by atoms with van der Waals surface area (Å²) in [6, 6.07) is 15.3. The number of hydrogen-bond donors (Lipinski definition) is 2. The number of anilines is 1. The van der Waals surface area contributed by atoms with Crippen molar-refractivity contribution in [3.05, 3.63) is 93.8 Å². The summed E-state index contributed by atoms with van der Waals surface area (Å²) in [6.07, 6.45) is 7.24. The molecule has 0 aliphatic heterocycles. The molecule has 9 nitrogen and oxygen atoms in total. The van der Waals surface area contributed by atoms with Crippen molar-refractivity contribution in [3.8, 4) is 18.0 Å². The van der Waals surface area contributed by atoms with Crippen molar-refractivity contribution in [1.29, 1.82) is 0 Å². The maximum atomic E-state index is 13.7. The minimum absolute atomic E-state index is 0.0575. The normalized spacial score (nSPS) is 11.9. The van der Waals surface area contributed by atoms with Crippen molar-refractivity contribution in [2.75, 3.05) is 5.73 Å². The Morgan fingerprint density at radius 1 is 1.14 bits per heavy atom. The van der Waals surface area contributed by atoms with E-state index in [-0.39, 0.29) is 16.9 Å². The Labute approximate surface area is 200 Å². The molecule has 0 radical (unpaired) electrons. The fraction of sp³-hybridized carbons (Fsp3) is 0.115. The van der Waals surface area contributed by atoms with Gasteiger partial charge in [-0.25, -0.2) is 14.5 Å². The smallest absolute Gasteiger partial charge is 0.267 e. The molecule has 3 N–H and O–H groups in total. The lowest BCUT2D eigenvalue weighted by Gasteiger charge is -2.20. The molecule has 0 bridgehead atoms. The number of aryl methyl sites for hydroxylation is 1. The van der Waals surface area contributed by atoms with Gasteiger partial charge in [-0.05, 0) is 44.2 Å². The van der Waals surface area contributed by atoms with Gasteiger partial charge in [-0.3, -0.25) is 14.2 Å². The molecule has 5 aromatic rings. The van der Waals surface area contributed by atoms with E-state index in [0.29, 0.717) is 33.6 Å². The topological polar surface area (TPSA) is 120 Å². The standard InChI is InChI=1S/C26H21N7O2/c1-4-17-9-8-12-19-20(17)26(35)32(18-10-6-5-7-11-18)23(30-19)16(3)29-25(34)21-22(27)31-33-15(2)13-14-28-24(21)33/h1,5-14,16H,2-3H3,(H2,27,31)(H,29,34)/t16-/m1/s1. The molecule has 0 spiro atoms. The zero-order chi connectivity index (χ0) is 24.7. The lowest BCUT2D eigenvalue weighted by molar-refractivity contribution is 0.0940. The summed E-state index contributed by atoms with van der Waals surface area (Å²) < 4.78 is 2.99. The quantitative estimate of drug-likeness (QED) is 0.396. The van der Waals surface area contributed by atoms with Gasteiger partial charge < -0.3 is 11.1 Å². The Hall–Kier alpha value is -4.97. The van der Waals surface area contributed by atoms with E-state index in [2.05, 4.69) is 21.3 Å². The maximum absolute atomic E-state index is 13.7. The van der Waals surface area contributed by atoms with Crippen molar-refractivity contribution in [1.82, 2.24) is 29.5 Å². The van der Waals surface area contributed by atoms with E-state index in [9.17, 15) is 9.59 Å². The predicted molar refractivity (Wildman–Crippen MR) is 133 cm³/mol. The van der Waals surface area contributed by atoms with Crippen LogP contribution >= 0.6 is 0 Å². The van der Waals surface area contributed by atoms with E-state index in [1.54, 1.807) is 49.5 Å². The minimum Gasteiger partial charge on any atom is -0.381 e. The Kier molecular flexibility index (Phi) is 5.26. The molecule has 0 aliphatic carbocycles. The Balaban J connectivity index is 1.65. The fourth-order valence-corrected chi connectivity index (χ4v) is 4.11. The summed E-state index contributed by atoms with van der Waals surface area (Å²) in [7, 11) is 0. The summed E-state index contributed by atoms with van der Waals surface area (Å²) in [4.78, 5) is 36.0. The Morgan fingerprint density at radius 2 is 1.91 bits per heavy atom. The first-order valence-corrected chi connectivity index (χ1v) is 10.9. The summed E-state index contributed by atoms with van der Waals surface area (Å²) >= 11 is 0.